The van der Waals surface area contributed by atoms with Crippen LogP contribution >= 0.6 is 0 Å². The fraction of sp³-hybridized carbons (Fsp3) is 0.429. The zero-order valence-corrected chi connectivity index (χ0v) is 11.4. The van der Waals surface area contributed by atoms with Crippen LogP contribution in [0.4, 0.5) is 10.1 Å². The molecular weight excluding hydrogens is 263 g/mol. The van der Waals surface area contributed by atoms with Crippen LogP contribution in [0, 0.1) is 5.82 Å². The number of carbonyl (C=O) groups excluding carboxylic acids is 2. The van der Waals surface area contributed by atoms with E-state index in [2.05, 4.69) is 5.32 Å². The maximum Gasteiger partial charge on any atom is 0.230 e. The van der Waals surface area contributed by atoms with Gasteiger partial charge in [-0.05, 0) is 24.6 Å². The van der Waals surface area contributed by atoms with E-state index in [0.29, 0.717) is 12.2 Å². The number of quaternary nitrogens is 1. The van der Waals surface area contributed by atoms with Crippen LogP contribution < -0.4 is 15.7 Å². The molecule has 6 heteroatoms. The van der Waals surface area contributed by atoms with E-state index in [0.717, 1.165) is 12.8 Å². The molecule has 0 aromatic heterocycles. The first-order chi connectivity index (χ1) is 9.52. The van der Waals surface area contributed by atoms with Gasteiger partial charge in [0.25, 0.3) is 0 Å². The maximum atomic E-state index is 13.0. The Kier molecular flexibility index (Phi) is 6.66. The number of hydrogen-bond acceptors (Lipinski definition) is 3. The lowest BCUT2D eigenvalue weighted by Crippen LogP contribution is -2.93. The van der Waals surface area contributed by atoms with E-state index in [1.807, 2.05) is 6.92 Å². The van der Waals surface area contributed by atoms with Gasteiger partial charge in [-0.25, -0.2) is 4.39 Å². The van der Waals surface area contributed by atoms with Gasteiger partial charge in [0, 0.05) is 5.69 Å². The molecular formula is C14H19FN2O3. The molecule has 0 radical (unpaired) electrons. The topological polar surface area (TPSA) is 85.8 Å². The zero-order valence-electron chi connectivity index (χ0n) is 11.4. The lowest BCUT2D eigenvalue weighted by Gasteiger charge is -2.16. The second-order valence-electron chi connectivity index (χ2n) is 4.57. The number of carbonyl (C=O) groups is 2. The number of nitrogens with one attached hydrogen (secondary N) is 1. The molecule has 1 aromatic carbocycles. The Hall–Kier alpha value is -1.95. The molecule has 0 heterocycles. The largest absolute Gasteiger partial charge is 0.544 e. The Morgan fingerprint density at radius 2 is 2.20 bits per heavy atom. The normalized spacial score (nSPS) is 11.9. The molecule has 1 aromatic rings. The van der Waals surface area contributed by atoms with Crippen LogP contribution in [-0.2, 0) is 9.59 Å². The third-order valence-electron chi connectivity index (χ3n) is 2.83. The van der Waals surface area contributed by atoms with Crippen molar-refractivity contribution in [2.45, 2.75) is 32.2 Å². The summed E-state index contributed by atoms with van der Waals surface area (Å²) < 4.78 is 13.0. The maximum absolute atomic E-state index is 13.0. The number of hydrogen-bond donors (Lipinski definition) is 2. The summed E-state index contributed by atoms with van der Waals surface area (Å²) >= 11 is 0. The fourth-order valence-electron chi connectivity index (χ4n) is 1.76. The van der Waals surface area contributed by atoms with Gasteiger partial charge < -0.3 is 20.5 Å². The number of carboxylic acids is 1. The van der Waals surface area contributed by atoms with Crippen LogP contribution in [0.5, 0.6) is 0 Å². The quantitative estimate of drug-likeness (QED) is 0.638. The minimum Gasteiger partial charge on any atom is -0.544 e. The molecule has 0 fully saturated rings. The number of halogens is 1. The third-order valence-corrected chi connectivity index (χ3v) is 2.83. The highest BCUT2D eigenvalue weighted by molar-refractivity contribution is 5.93. The molecule has 0 aliphatic rings. The number of benzene rings is 1. The number of amides is 1. The molecule has 3 N–H and O–H groups in total. The molecule has 0 unspecified atom stereocenters. The number of aliphatic carboxylic acids is 1. The summed E-state index contributed by atoms with van der Waals surface area (Å²) in [6.45, 7) is 2.63. The summed E-state index contributed by atoms with van der Waals surface area (Å²) in [7, 11) is 0. The van der Waals surface area contributed by atoms with E-state index < -0.39 is 23.7 Å². The lowest BCUT2D eigenvalue weighted by molar-refractivity contribution is -0.682. The smallest absolute Gasteiger partial charge is 0.230 e. The number of carboxylic acid groups (broad SMARTS) is 1. The molecule has 0 aliphatic carbocycles. The Labute approximate surface area is 117 Å². The molecule has 0 aliphatic heterocycles. The first-order valence-corrected chi connectivity index (χ1v) is 6.62. The van der Waals surface area contributed by atoms with Crippen molar-refractivity contribution in [3.8, 4) is 0 Å². The highest BCUT2D eigenvalue weighted by Crippen LogP contribution is 2.09. The highest BCUT2D eigenvalue weighted by atomic mass is 19.1. The van der Waals surface area contributed by atoms with E-state index in [4.69, 9.17) is 0 Å². The first-order valence-electron chi connectivity index (χ1n) is 6.62. The number of nitrogens with two attached hydrogens (primary N) is 1. The number of unbranched alkanes of at least 4 members (excludes halogenated alkanes) is 1. The third kappa shape index (κ3) is 5.79. The summed E-state index contributed by atoms with van der Waals surface area (Å²) in [5, 5.41) is 15.0. The van der Waals surface area contributed by atoms with Crippen LogP contribution in [-0.4, -0.2) is 24.5 Å². The molecule has 20 heavy (non-hydrogen) atoms. The molecule has 0 spiro atoms. The second-order valence-corrected chi connectivity index (χ2v) is 4.57. The molecule has 1 atom stereocenters. The van der Waals surface area contributed by atoms with E-state index in [9.17, 15) is 19.1 Å². The highest BCUT2D eigenvalue weighted by Gasteiger charge is 2.18. The van der Waals surface area contributed by atoms with Gasteiger partial charge in [0.15, 0.2) is 0 Å². The van der Waals surface area contributed by atoms with Crippen LogP contribution in [0.25, 0.3) is 0 Å². The summed E-state index contributed by atoms with van der Waals surface area (Å²) in [6.07, 6.45) is 1.61. The molecule has 110 valence electrons. The van der Waals surface area contributed by atoms with Crippen LogP contribution in [0.1, 0.15) is 26.2 Å². The fourth-order valence-corrected chi connectivity index (χ4v) is 1.76. The van der Waals surface area contributed by atoms with Crippen molar-refractivity contribution in [3.05, 3.63) is 30.1 Å². The van der Waals surface area contributed by atoms with E-state index in [1.54, 1.807) is 5.32 Å². The van der Waals surface area contributed by atoms with Crippen molar-refractivity contribution < 1.29 is 24.4 Å². The minimum absolute atomic E-state index is 0.206. The monoisotopic (exact) mass is 282 g/mol. The molecule has 0 saturated carbocycles. The van der Waals surface area contributed by atoms with Gasteiger partial charge in [-0.1, -0.05) is 19.4 Å². The molecule has 5 nitrogen and oxygen atoms in total. The van der Waals surface area contributed by atoms with Crippen LogP contribution in [0.15, 0.2) is 24.3 Å². The minimum atomic E-state index is -1.27. The van der Waals surface area contributed by atoms with Crippen molar-refractivity contribution >= 4 is 17.6 Å². The molecule has 0 saturated heterocycles. The average molecular weight is 282 g/mol. The molecule has 0 bridgehead atoms. The second kappa shape index (κ2) is 8.27. The predicted octanol–water partition coefficient (Wildman–Crippen LogP) is -0.364. The Morgan fingerprint density at radius 3 is 2.80 bits per heavy atom. The zero-order chi connectivity index (χ0) is 15.0. The summed E-state index contributed by atoms with van der Waals surface area (Å²) in [5.74, 6) is -2.21. The molecule has 1 amide bonds. The van der Waals surface area contributed by atoms with Gasteiger partial charge >= 0.3 is 0 Å². The van der Waals surface area contributed by atoms with Crippen molar-refractivity contribution in [1.82, 2.24) is 0 Å². The van der Waals surface area contributed by atoms with Crippen molar-refractivity contribution in [2.75, 3.05) is 11.9 Å². The van der Waals surface area contributed by atoms with E-state index in [1.165, 1.54) is 24.3 Å². The lowest BCUT2D eigenvalue weighted by atomic mass is 10.2. The Balaban J connectivity index is 2.51. The predicted molar refractivity (Wildman–Crippen MR) is 70.1 cm³/mol. The summed E-state index contributed by atoms with van der Waals surface area (Å²) in [5.41, 5.74) is 0.306. The number of rotatable bonds is 8. The van der Waals surface area contributed by atoms with Gasteiger partial charge in [-0.2, -0.15) is 0 Å². The van der Waals surface area contributed by atoms with Gasteiger partial charge in [0.2, 0.25) is 5.91 Å². The van der Waals surface area contributed by atoms with E-state index in [-0.39, 0.29) is 6.42 Å². The van der Waals surface area contributed by atoms with E-state index >= 15 is 0 Å². The van der Waals surface area contributed by atoms with Gasteiger partial charge in [-0.15, -0.1) is 0 Å². The first kappa shape index (κ1) is 16.1. The number of anilines is 1. The Bertz CT molecular complexity index is 465. The standard InChI is InChI=1S/C14H19FN2O3/c1-2-3-7-16-12(14(19)20)9-13(18)17-11-6-4-5-10(15)8-11/h4-6,8,12,16H,2-3,7,9H2,1H3,(H,17,18)(H,19,20)/t12-/m0/s1. The van der Waals surface area contributed by atoms with Crippen LogP contribution in [0.3, 0.4) is 0 Å². The molecule has 1 rings (SSSR count). The SMILES string of the molecule is CCCC[NH2+][C@@H](CC(=O)Nc1cccc(F)c1)C(=O)[O-]. The average Bonchev–Trinajstić information content (AvgIpc) is 2.37. The van der Waals surface area contributed by atoms with Gasteiger partial charge in [0.05, 0.1) is 18.9 Å². The van der Waals surface area contributed by atoms with Crippen molar-refractivity contribution in [3.63, 3.8) is 0 Å². The Morgan fingerprint density at radius 1 is 1.45 bits per heavy atom. The van der Waals surface area contributed by atoms with Crippen LogP contribution in [0.2, 0.25) is 0 Å². The van der Waals surface area contributed by atoms with Crippen molar-refractivity contribution in [1.29, 1.82) is 0 Å². The van der Waals surface area contributed by atoms with Gasteiger partial charge in [0.1, 0.15) is 11.9 Å². The summed E-state index contributed by atoms with van der Waals surface area (Å²) in [4.78, 5) is 22.7. The van der Waals surface area contributed by atoms with Crippen molar-refractivity contribution in [2.24, 2.45) is 0 Å². The van der Waals surface area contributed by atoms with Gasteiger partial charge in [-0.3, -0.25) is 4.79 Å². The summed E-state index contributed by atoms with van der Waals surface area (Å²) in [6, 6.07) is 4.52.